The third kappa shape index (κ3) is 3.17. The second-order valence-electron chi connectivity index (χ2n) is 4.32. The van der Waals surface area contributed by atoms with Crippen LogP contribution >= 0.6 is 11.8 Å². The number of nitrogens with zero attached hydrogens (tertiary/aromatic N) is 3. The standard InChI is InChI=1S/C12H15N3O3S/c1-14(6-9-2-4-13-5-3-9)12(18)15-8-19-7-10(15)11(16)17/h2-5,10H,6-8H2,1H3,(H,16,17)/t10-/m0/s1. The van der Waals surface area contributed by atoms with Gasteiger partial charge in [0.2, 0.25) is 0 Å². The van der Waals surface area contributed by atoms with E-state index in [0.29, 0.717) is 18.2 Å². The van der Waals surface area contributed by atoms with Gasteiger partial charge in [0.05, 0.1) is 5.88 Å². The fourth-order valence-electron chi connectivity index (χ4n) is 1.88. The number of carbonyl (C=O) groups excluding carboxylic acids is 1. The Morgan fingerprint density at radius 1 is 1.53 bits per heavy atom. The molecule has 1 N–H and O–H groups in total. The van der Waals surface area contributed by atoms with Gasteiger partial charge in [-0.05, 0) is 17.7 Å². The third-order valence-corrected chi connectivity index (χ3v) is 3.92. The number of amides is 2. The van der Waals surface area contributed by atoms with E-state index in [1.54, 1.807) is 19.4 Å². The maximum Gasteiger partial charge on any atom is 0.327 e. The lowest BCUT2D eigenvalue weighted by Gasteiger charge is -2.26. The maximum atomic E-state index is 12.2. The van der Waals surface area contributed by atoms with Gasteiger partial charge < -0.3 is 14.9 Å². The van der Waals surface area contributed by atoms with Crippen LogP contribution in [0.3, 0.4) is 0 Å². The van der Waals surface area contributed by atoms with E-state index < -0.39 is 12.0 Å². The molecule has 0 radical (unpaired) electrons. The molecule has 0 aromatic carbocycles. The Morgan fingerprint density at radius 2 is 2.21 bits per heavy atom. The summed E-state index contributed by atoms with van der Waals surface area (Å²) >= 11 is 1.46. The monoisotopic (exact) mass is 281 g/mol. The minimum atomic E-state index is -0.948. The Bertz CT molecular complexity index is 469. The van der Waals surface area contributed by atoms with Crippen LogP contribution in [0.5, 0.6) is 0 Å². The highest BCUT2D eigenvalue weighted by Crippen LogP contribution is 2.22. The number of hydrogen-bond acceptors (Lipinski definition) is 4. The summed E-state index contributed by atoms with van der Waals surface area (Å²) in [5.41, 5.74) is 0.963. The van der Waals surface area contributed by atoms with E-state index in [2.05, 4.69) is 4.98 Å². The van der Waals surface area contributed by atoms with Crippen molar-refractivity contribution >= 4 is 23.8 Å². The van der Waals surface area contributed by atoms with Gasteiger partial charge in [0.1, 0.15) is 6.04 Å². The number of urea groups is 1. The predicted molar refractivity (Wildman–Crippen MR) is 71.7 cm³/mol. The summed E-state index contributed by atoms with van der Waals surface area (Å²) in [5.74, 6) is -0.0728. The van der Waals surface area contributed by atoms with Gasteiger partial charge in [0.25, 0.3) is 0 Å². The molecule has 1 aliphatic rings. The molecule has 6 nitrogen and oxygen atoms in total. The first kappa shape index (κ1) is 13.7. The molecule has 102 valence electrons. The zero-order chi connectivity index (χ0) is 13.8. The summed E-state index contributed by atoms with van der Waals surface area (Å²) in [6.45, 7) is 0.439. The van der Waals surface area contributed by atoms with Crippen molar-refractivity contribution in [3.8, 4) is 0 Å². The second kappa shape index (κ2) is 5.92. The molecule has 0 aliphatic carbocycles. The molecule has 1 aromatic heterocycles. The number of carboxylic acid groups (broad SMARTS) is 1. The van der Waals surface area contributed by atoms with Crippen molar-refractivity contribution in [1.29, 1.82) is 0 Å². The lowest BCUT2D eigenvalue weighted by atomic mass is 10.2. The van der Waals surface area contributed by atoms with Crippen LogP contribution in [0, 0.1) is 0 Å². The van der Waals surface area contributed by atoms with Gasteiger partial charge >= 0.3 is 12.0 Å². The van der Waals surface area contributed by atoms with Crippen LogP contribution in [0.15, 0.2) is 24.5 Å². The summed E-state index contributed by atoms with van der Waals surface area (Å²) < 4.78 is 0. The minimum Gasteiger partial charge on any atom is -0.480 e. The van der Waals surface area contributed by atoms with Crippen molar-refractivity contribution < 1.29 is 14.7 Å². The molecule has 0 unspecified atom stereocenters. The molecule has 2 heterocycles. The van der Waals surface area contributed by atoms with Crippen LogP contribution < -0.4 is 0 Å². The van der Waals surface area contributed by atoms with Crippen molar-refractivity contribution in [2.24, 2.45) is 0 Å². The molecule has 1 fully saturated rings. The van der Waals surface area contributed by atoms with E-state index in [1.807, 2.05) is 12.1 Å². The van der Waals surface area contributed by atoms with Gasteiger partial charge in [-0.25, -0.2) is 9.59 Å². The van der Waals surface area contributed by atoms with Crippen molar-refractivity contribution in [3.63, 3.8) is 0 Å². The number of pyridine rings is 1. The van der Waals surface area contributed by atoms with E-state index in [-0.39, 0.29) is 6.03 Å². The van der Waals surface area contributed by atoms with E-state index >= 15 is 0 Å². The van der Waals surface area contributed by atoms with E-state index in [9.17, 15) is 9.59 Å². The number of aliphatic carboxylic acids is 1. The first-order chi connectivity index (χ1) is 9.09. The Hall–Kier alpha value is -1.76. The number of rotatable bonds is 3. The summed E-state index contributed by atoms with van der Waals surface area (Å²) in [7, 11) is 1.67. The number of carboxylic acids is 1. The minimum absolute atomic E-state index is 0.255. The lowest BCUT2D eigenvalue weighted by molar-refractivity contribution is -0.140. The maximum absolute atomic E-state index is 12.2. The van der Waals surface area contributed by atoms with Crippen LogP contribution in [0.4, 0.5) is 4.79 Å². The average molecular weight is 281 g/mol. The molecular weight excluding hydrogens is 266 g/mol. The SMILES string of the molecule is CN(Cc1ccncc1)C(=O)N1CSC[C@H]1C(=O)O. The van der Waals surface area contributed by atoms with Crippen molar-refractivity contribution in [1.82, 2.24) is 14.8 Å². The summed E-state index contributed by atoms with van der Waals surface area (Å²) in [4.78, 5) is 30.1. The summed E-state index contributed by atoms with van der Waals surface area (Å²) in [5, 5.41) is 9.07. The van der Waals surface area contributed by atoms with Crippen LogP contribution in [0.25, 0.3) is 0 Å². The highest BCUT2D eigenvalue weighted by atomic mass is 32.2. The molecule has 2 rings (SSSR count). The van der Waals surface area contributed by atoms with Crippen molar-refractivity contribution in [2.45, 2.75) is 12.6 Å². The topological polar surface area (TPSA) is 73.7 Å². The molecule has 1 aliphatic heterocycles. The molecular formula is C12H15N3O3S. The molecule has 0 saturated carbocycles. The fraction of sp³-hybridized carbons (Fsp3) is 0.417. The van der Waals surface area contributed by atoms with Crippen LogP contribution in [-0.2, 0) is 11.3 Å². The number of aromatic nitrogens is 1. The highest BCUT2D eigenvalue weighted by molar-refractivity contribution is 7.99. The molecule has 1 saturated heterocycles. The van der Waals surface area contributed by atoms with Gasteiger partial charge in [-0.15, -0.1) is 11.8 Å². The molecule has 0 spiro atoms. The highest BCUT2D eigenvalue weighted by Gasteiger charge is 2.35. The summed E-state index contributed by atoms with van der Waals surface area (Å²) in [6.07, 6.45) is 3.33. The van der Waals surface area contributed by atoms with Gasteiger partial charge in [0, 0.05) is 31.7 Å². The molecule has 2 amide bonds. The van der Waals surface area contributed by atoms with E-state index in [4.69, 9.17) is 5.11 Å². The molecule has 1 aromatic rings. The molecule has 19 heavy (non-hydrogen) atoms. The number of thioether (sulfide) groups is 1. The first-order valence-electron chi connectivity index (χ1n) is 5.81. The van der Waals surface area contributed by atoms with Crippen LogP contribution in [-0.4, -0.2) is 56.6 Å². The lowest BCUT2D eigenvalue weighted by Crippen LogP contribution is -2.47. The van der Waals surface area contributed by atoms with Gasteiger partial charge in [-0.2, -0.15) is 0 Å². The van der Waals surface area contributed by atoms with E-state index in [0.717, 1.165) is 5.56 Å². The Balaban J connectivity index is 2.01. The van der Waals surface area contributed by atoms with Crippen molar-refractivity contribution in [2.75, 3.05) is 18.7 Å². The number of carbonyl (C=O) groups is 2. The predicted octanol–water partition coefficient (Wildman–Crippen LogP) is 1.09. The average Bonchev–Trinajstić information content (AvgIpc) is 2.88. The van der Waals surface area contributed by atoms with Gasteiger partial charge in [0.15, 0.2) is 0 Å². The first-order valence-corrected chi connectivity index (χ1v) is 6.96. The fourth-order valence-corrected chi connectivity index (χ4v) is 3.02. The number of hydrogen-bond donors (Lipinski definition) is 1. The summed E-state index contributed by atoms with van der Waals surface area (Å²) in [6, 6.07) is 2.68. The Morgan fingerprint density at radius 3 is 2.84 bits per heavy atom. The Kier molecular flexibility index (Phi) is 4.26. The largest absolute Gasteiger partial charge is 0.480 e. The van der Waals surface area contributed by atoms with Crippen molar-refractivity contribution in [3.05, 3.63) is 30.1 Å². The van der Waals surface area contributed by atoms with Crippen LogP contribution in [0.2, 0.25) is 0 Å². The zero-order valence-corrected chi connectivity index (χ0v) is 11.3. The smallest absolute Gasteiger partial charge is 0.327 e. The third-order valence-electron chi connectivity index (χ3n) is 2.91. The normalized spacial score (nSPS) is 18.4. The molecule has 0 bridgehead atoms. The van der Waals surface area contributed by atoms with E-state index in [1.165, 1.54) is 21.6 Å². The van der Waals surface area contributed by atoms with Gasteiger partial charge in [-0.1, -0.05) is 0 Å². The second-order valence-corrected chi connectivity index (χ2v) is 5.32. The van der Waals surface area contributed by atoms with Gasteiger partial charge in [-0.3, -0.25) is 4.98 Å². The molecule has 7 heteroatoms. The quantitative estimate of drug-likeness (QED) is 0.898. The zero-order valence-electron chi connectivity index (χ0n) is 10.5. The van der Waals surface area contributed by atoms with Crippen LogP contribution in [0.1, 0.15) is 5.56 Å². The molecule has 1 atom stereocenters. The Labute approximate surface area is 115 Å².